The van der Waals surface area contributed by atoms with Gasteiger partial charge >= 0.3 is 0 Å². The molecule has 2 aromatic heterocycles. The largest absolute Gasteiger partial charge is 0.481 e. The number of H-pyrrole nitrogens is 1. The summed E-state index contributed by atoms with van der Waals surface area (Å²) in [4.78, 5) is 34.8. The summed E-state index contributed by atoms with van der Waals surface area (Å²) in [5, 5.41) is 10.3. The van der Waals surface area contributed by atoms with Crippen LogP contribution in [0.4, 0.5) is 4.39 Å². The summed E-state index contributed by atoms with van der Waals surface area (Å²) in [5.74, 6) is -0.447. The minimum atomic E-state index is -0.533. The monoisotopic (exact) mass is 512 g/mol. The molecule has 0 radical (unpaired) electrons. The molecule has 11 heteroatoms. The van der Waals surface area contributed by atoms with Crippen molar-refractivity contribution in [1.82, 2.24) is 30.3 Å². The number of ether oxygens (including phenoxy) is 2. The molecule has 1 spiro atoms. The highest BCUT2D eigenvalue weighted by molar-refractivity contribution is 5.94. The van der Waals surface area contributed by atoms with Crippen molar-refractivity contribution in [2.45, 2.75) is 62.2 Å². The van der Waals surface area contributed by atoms with E-state index in [0.717, 1.165) is 45.1 Å². The van der Waals surface area contributed by atoms with E-state index in [1.807, 2.05) is 4.90 Å². The van der Waals surface area contributed by atoms with Gasteiger partial charge in [0.2, 0.25) is 11.8 Å². The van der Waals surface area contributed by atoms with Crippen LogP contribution in [0.15, 0.2) is 18.3 Å². The quantitative estimate of drug-likeness (QED) is 0.630. The Morgan fingerprint density at radius 1 is 1.24 bits per heavy atom. The fourth-order valence-corrected chi connectivity index (χ4v) is 6.33. The van der Waals surface area contributed by atoms with E-state index in [-0.39, 0.29) is 46.5 Å². The van der Waals surface area contributed by atoms with Crippen LogP contribution in [0.2, 0.25) is 0 Å². The van der Waals surface area contributed by atoms with Crippen molar-refractivity contribution in [3.8, 4) is 17.1 Å². The SMILES string of the molecule is COc1cc(-c2cc(C(=O)N3CC[C@H](C(=O)N[C@H]4C[C@H]5COC[C@@H](C4)N5C)CC34CC4)n[nH]2)c(F)cn1. The molecule has 3 aliphatic heterocycles. The second-order valence-electron chi connectivity index (χ2n) is 10.9. The predicted molar refractivity (Wildman–Crippen MR) is 131 cm³/mol. The van der Waals surface area contributed by atoms with Gasteiger partial charge in [0, 0.05) is 47.8 Å². The number of aromatic amines is 1. The number of hydrogen-bond acceptors (Lipinski definition) is 7. The molecule has 2 N–H and O–H groups in total. The molecule has 2 aromatic rings. The van der Waals surface area contributed by atoms with Crippen LogP contribution in [0.3, 0.4) is 0 Å². The molecular weight excluding hydrogens is 479 g/mol. The molecule has 198 valence electrons. The Balaban J connectivity index is 1.10. The number of piperidine rings is 2. The van der Waals surface area contributed by atoms with Gasteiger partial charge in [-0.25, -0.2) is 9.37 Å². The third-order valence-corrected chi connectivity index (χ3v) is 8.70. The average Bonchev–Trinajstić information content (AvgIpc) is 3.45. The van der Waals surface area contributed by atoms with Crippen molar-refractivity contribution >= 4 is 11.8 Å². The molecule has 0 unspecified atom stereocenters. The van der Waals surface area contributed by atoms with Gasteiger partial charge in [0.25, 0.3) is 5.91 Å². The number of morpholine rings is 1. The van der Waals surface area contributed by atoms with E-state index in [2.05, 4.69) is 32.4 Å². The summed E-state index contributed by atoms with van der Waals surface area (Å²) >= 11 is 0. The lowest BCUT2D eigenvalue weighted by atomic mass is 9.86. The fourth-order valence-electron chi connectivity index (χ4n) is 6.33. The van der Waals surface area contributed by atoms with Crippen LogP contribution in [-0.2, 0) is 9.53 Å². The molecule has 1 saturated carbocycles. The number of nitrogens with zero attached hydrogens (tertiary/aromatic N) is 4. The van der Waals surface area contributed by atoms with Gasteiger partial charge in [0.05, 0.1) is 32.2 Å². The van der Waals surface area contributed by atoms with Crippen LogP contribution in [0, 0.1) is 11.7 Å². The molecule has 4 atom stereocenters. The number of hydrogen-bond donors (Lipinski definition) is 2. The van der Waals surface area contributed by atoms with Crippen LogP contribution in [0.25, 0.3) is 11.3 Å². The zero-order valence-electron chi connectivity index (χ0n) is 21.2. The van der Waals surface area contributed by atoms with Gasteiger partial charge in [0.15, 0.2) is 11.5 Å². The Morgan fingerprint density at radius 3 is 2.70 bits per heavy atom. The maximum atomic E-state index is 14.4. The Labute approximate surface area is 214 Å². The standard InChI is InChI=1S/C26H33FN6O4/c1-32-17-7-16(8-18(32)14-37-13-17)29-24(34)15-3-6-33(26(11-15)4-5-26)25(35)22-10-21(30-31-22)19-9-23(36-2)28-12-20(19)27/h9-10,12,15-18H,3-8,11,13-14H2,1-2H3,(H,29,34)(H,30,31)/t15-,16-,17-,18+/m0/s1. The Hall–Kier alpha value is -3.05. The van der Waals surface area contributed by atoms with Gasteiger partial charge in [0.1, 0.15) is 0 Å². The zero-order valence-corrected chi connectivity index (χ0v) is 21.2. The minimum absolute atomic E-state index is 0.101. The van der Waals surface area contributed by atoms with Crippen molar-refractivity contribution in [2.75, 3.05) is 33.9 Å². The van der Waals surface area contributed by atoms with Gasteiger partial charge in [-0.1, -0.05) is 0 Å². The van der Waals surface area contributed by atoms with E-state index in [4.69, 9.17) is 9.47 Å². The first-order chi connectivity index (χ1) is 17.9. The highest BCUT2D eigenvalue weighted by Gasteiger charge is 2.55. The van der Waals surface area contributed by atoms with E-state index in [1.54, 1.807) is 6.07 Å². The molecule has 2 amide bonds. The van der Waals surface area contributed by atoms with Crippen LogP contribution in [0.5, 0.6) is 5.88 Å². The highest BCUT2D eigenvalue weighted by atomic mass is 19.1. The molecule has 4 fully saturated rings. The lowest BCUT2D eigenvalue weighted by Crippen LogP contribution is -2.60. The summed E-state index contributed by atoms with van der Waals surface area (Å²) in [7, 11) is 3.60. The highest BCUT2D eigenvalue weighted by Crippen LogP contribution is 2.50. The smallest absolute Gasteiger partial charge is 0.274 e. The van der Waals surface area contributed by atoms with Crippen molar-refractivity contribution in [1.29, 1.82) is 0 Å². The number of nitrogens with one attached hydrogen (secondary N) is 2. The van der Waals surface area contributed by atoms with Crippen LogP contribution in [-0.4, -0.2) is 94.4 Å². The van der Waals surface area contributed by atoms with Crippen molar-refractivity contribution in [3.63, 3.8) is 0 Å². The molecule has 5 heterocycles. The Kier molecular flexibility index (Phi) is 6.15. The van der Waals surface area contributed by atoms with Crippen molar-refractivity contribution in [3.05, 3.63) is 29.8 Å². The predicted octanol–water partition coefficient (Wildman–Crippen LogP) is 1.98. The van der Waals surface area contributed by atoms with Gasteiger partial charge in [-0.05, 0) is 51.6 Å². The first kappa shape index (κ1) is 24.3. The molecule has 10 nitrogen and oxygen atoms in total. The minimum Gasteiger partial charge on any atom is -0.481 e. The van der Waals surface area contributed by atoms with Crippen LogP contribution in [0.1, 0.15) is 49.0 Å². The molecule has 2 bridgehead atoms. The second kappa shape index (κ2) is 9.36. The number of rotatable bonds is 5. The third kappa shape index (κ3) is 4.48. The number of methoxy groups -OCH3 is 1. The van der Waals surface area contributed by atoms with E-state index in [9.17, 15) is 14.0 Å². The molecule has 3 saturated heterocycles. The Morgan fingerprint density at radius 2 is 2.00 bits per heavy atom. The summed E-state index contributed by atoms with van der Waals surface area (Å²) in [5.41, 5.74) is 0.562. The van der Waals surface area contributed by atoms with E-state index < -0.39 is 5.82 Å². The topological polar surface area (TPSA) is 113 Å². The lowest BCUT2D eigenvalue weighted by Gasteiger charge is -2.47. The maximum absolute atomic E-state index is 14.4. The summed E-state index contributed by atoms with van der Waals surface area (Å²) in [6.07, 6.45) is 5.95. The normalized spacial score (nSPS) is 28.7. The van der Waals surface area contributed by atoms with E-state index in [0.29, 0.717) is 37.2 Å². The number of likely N-dealkylation sites (N-methyl/N-ethyl adjacent to an activating group) is 1. The molecule has 37 heavy (non-hydrogen) atoms. The van der Waals surface area contributed by atoms with Gasteiger partial charge in [-0.3, -0.25) is 19.6 Å². The number of pyridine rings is 1. The number of halogens is 1. The van der Waals surface area contributed by atoms with E-state index >= 15 is 0 Å². The van der Waals surface area contributed by atoms with Crippen LogP contribution < -0.4 is 10.1 Å². The van der Waals surface area contributed by atoms with Crippen molar-refractivity contribution in [2.24, 2.45) is 5.92 Å². The Bertz CT molecular complexity index is 1190. The molecule has 0 aromatic carbocycles. The molecule has 1 aliphatic carbocycles. The van der Waals surface area contributed by atoms with E-state index in [1.165, 1.54) is 13.2 Å². The first-order valence-electron chi connectivity index (χ1n) is 13.0. The fraction of sp³-hybridized carbons (Fsp3) is 0.615. The zero-order chi connectivity index (χ0) is 25.7. The summed E-state index contributed by atoms with van der Waals surface area (Å²) in [6, 6.07) is 3.91. The number of amides is 2. The average molecular weight is 513 g/mol. The number of carbonyl (C=O) groups excluding carboxylic acids is 2. The van der Waals surface area contributed by atoms with Gasteiger partial charge in [-0.15, -0.1) is 0 Å². The summed E-state index contributed by atoms with van der Waals surface area (Å²) < 4.78 is 25.1. The number of aromatic nitrogens is 3. The molecule has 4 aliphatic rings. The van der Waals surface area contributed by atoms with Crippen molar-refractivity contribution < 1.29 is 23.5 Å². The number of likely N-dealkylation sites (tertiary alicyclic amines) is 1. The number of carbonyl (C=O) groups is 2. The van der Waals surface area contributed by atoms with Gasteiger partial charge in [-0.2, -0.15) is 5.10 Å². The van der Waals surface area contributed by atoms with Gasteiger partial charge < -0.3 is 19.7 Å². The molecular formula is C26H33FN6O4. The summed E-state index contributed by atoms with van der Waals surface area (Å²) in [6.45, 7) is 1.95. The van der Waals surface area contributed by atoms with Crippen LogP contribution >= 0.6 is 0 Å². The second-order valence-corrected chi connectivity index (χ2v) is 10.9. The lowest BCUT2D eigenvalue weighted by molar-refractivity contribution is -0.130. The first-order valence-corrected chi connectivity index (χ1v) is 13.0. The third-order valence-electron chi connectivity index (χ3n) is 8.70. The maximum Gasteiger partial charge on any atom is 0.274 e. The molecule has 6 rings (SSSR count). The number of fused-ring (bicyclic) bond motifs is 2.